The number of phenols is 1. The van der Waals surface area contributed by atoms with Gasteiger partial charge in [-0.1, -0.05) is 0 Å². The summed E-state index contributed by atoms with van der Waals surface area (Å²) in [7, 11) is 0. The highest BCUT2D eigenvalue weighted by atomic mass is 19.4. The molecule has 2 N–H and O–H groups in total. The molecule has 0 radical (unpaired) electrons. The van der Waals surface area contributed by atoms with Crippen molar-refractivity contribution < 1.29 is 18.3 Å². The first kappa shape index (κ1) is 18.6. The lowest BCUT2D eigenvalue weighted by atomic mass is 9.96. The molecule has 146 valence electrons. The molecule has 28 heavy (non-hydrogen) atoms. The van der Waals surface area contributed by atoms with Crippen LogP contribution in [-0.4, -0.2) is 33.1 Å². The summed E-state index contributed by atoms with van der Waals surface area (Å²) >= 11 is 0. The van der Waals surface area contributed by atoms with Crippen molar-refractivity contribution in [1.82, 2.24) is 20.3 Å². The maximum atomic E-state index is 13.0. The molecule has 0 saturated carbocycles. The average molecular weight is 388 g/mol. The van der Waals surface area contributed by atoms with Gasteiger partial charge in [0, 0.05) is 24.2 Å². The molecule has 1 atom stereocenters. The van der Waals surface area contributed by atoms with Crippen molar-refractivity contribution in [2.24, 2.45) is 0 Å². The number of hydrogen-bond donors (Lipinski definition) is 2. The van der Waals surface area contributed by atoms with Crippen molar-refractivity contribution in [3.63, 3.8) is 0 Å². The second-order valence-electron chi connectivity index (χ2n) is 7.06. The van der Waals surface area contributed by atoms with E-state index >= 15 is 0 Å². The van der Waals surface area contributed by atoms with Crippen LogP contribution in [0.2, 0.25) is 0 Å². The minimum Gasteiger partial charge on any atom is -0.507 e. The molecule has 2 aromatic heterocycles. The van der Waals surface area contributed by atoms with Crippen LogP contribution < -0.4 is 5.32 Å². The average Bonchev–Trinajstić information content (AvgIpc) is 2.67. The van der Waals surface area contributed by atoms with Gasteiger partial charge in [0.25, 0.3) is 0 Å². The molecule has 0 spiro atoms. The lowest BCUT2D eigenvalue weighted by Gasteiger charge is -2.22. The molecule has 0 aliphatic carbocycles. The number of pyridine rings is 1. The van der Waals surface area contributed by atoms with Crippen LogP contribution in [0.3, 0.4) is 0 Å². The number of halogens is 3. The molecule has 0 bridgehead atoms. The van der Waals surface area contributed by atoms with E-state index in [1.807, 2.05) is 0 Å². The highest BCUT2D eigenvalue weighted by molar-refractivity contribution is 5.78. The molecule has 1 aromatic carbocycles. The lowest BCUT2D eigenvalue weighted by molar-refractivity contribution is -0.137. The Morgan fingerprint density at radius 2 is 2.00 bits per heavy atom. The fourth-order valence-corrected chi connectivity index (χ4v) is 3.62. The van der Waals surface area contributed by atoms with Crippen LogP contribution in [0.15, 0.2) is 30.5 Å². The van der Waals surface area contributed by atoms with Gasteiger partial charge in [0.05, 0.1) is 17.0 Å². The Kier molecular flexibility index (Phi) is 4.66. The van der Waals surface area contributed by atoms with E-state index in [1.54, 1.807) is 18.3 Å². The largest absolute Gasteiger partial charge is 0.507 e. The Hall–Kier alpha value is -2.74. The summed E-state index contributed by atoms with van der Waals surface area (Å²) in [4.78, 5) is 13.5. The smallest absolute Gasteiger partial charge is 0.416 e. The first-order valence-electron chi connectivity index (χ1n) is 9.08. The topological polar surface area (TPSA) is 70.9 Å². The molecular weight excluding hydrogens is 369 g/mol. The first-order valence-corrected chi connectivity index (χ1v) is 9.08. The number of aryl methyl sites for hydroxylation is 1. The molecule has 1 fully saturated rings. The highest BCUT2D eigenvalue weighted by Crippen LogP contribution is 2.38. The minimum absolute atomic E-state index is 0.261. The number of aromatic hydroxyl groups is 1. The van der Waals surface area contributed by atoms with Crippen LogP contribution in [-0.2, 0) is 6.18 Å². The Morgan fingerprint density at radius 3 is 2.68 bits per heavy atom. The molecule has 5 nitrogen and oxygen atoms in total. The SMILES string of the molecule is Cc1cc(C(F)(F)F)cc(O)c1-c1ccc2ncc([C@@H]3CCCNC3)nc2n1. The number of fused-ring (bicyclic) bond motifs is 1. The predicted molar refractivity (Wildman–Crippen MR) is 99.0 cm³/mol. The fraction of sp³-hybridized carbons (Fsp3) is 0.350. The van der Waals surface area contributed by atoms with Crippen LogP contribution in [0, 0.1) is 6.92 Å². The number of piperidine rings is 1. The van der Waals surface area contributed by atoms with Gasteiger partial charge in [0.1, 0.15) is 11.3 Å². The maximum absolute atomic E-state index is 13.0. The molecule has 1 aliphatic rings. The summed E-state index contributed by atoms with van der Waals surface area (Å²) < 4.78 is 38.9. The van der Waals surface area contributed by atoms with Crippen LogP contribution >= 0.6 is 0 Å². The van der Waals surface area contributed by atoms with E-state index in [9.17, 15) is 18.3 Å². The van der Waals surface area contributed by atoms with E-state index in [2.05, 4.69) is 20.3 Å². The van der Waals surface area contributed by atoms with Crippen molar-refractivity contribution in [1.29, 1.82) is 0 Å². The first-order chi connectivity index (χ1) is 13.3. The van der Waals surface area contributed by atoms with E-state index in [1.165, 1.54) is 6.92 Å². The van der Waals surface area contributed by atoms with Gasteiger partial charge in [-0.2, -0.15) is 13.2 Å². The molecule has 3 heterocycles. The van der Waals surface area contributed by atoms with Gasteiger partial charge < -0.3 is 10.4 Å². The quantitative estimate of drug-likeness (QED) is 0.689. The summed E-state index contributed by atoms with van der Waals surface area (Å²) in [5, 5.41) is 13.6. The molecular formula is C20H19F3N4O. The molecule has 1 saturated heterocycles. The third-order valence-corrected chi connectivity index (χ3v) is 5.04. The zero-order chi connectivity index (χ0) is 19.9. The third kappa shape index (κ3) is 3.52. The van der Waals surface area contributed by atoms with Crippen LogP contribution in [0.4, 0.5) is 13.2 Å². The van der Waals surface area contributed by atoms with E-state index in [-0.39, 0.29) is 11.5 Å². The monoisotopic (exact) mass is 388 g/mol. The van der Waals surface area contributed by atoms with Gasteiger partial charge in [-0.3, -0.25) is 4.98 Å². The van der Waals surface area contributed by atoms with E-state index in [0.717, 1.165) is 43.8 Å². The number of aromatic nitrogens is 3. The van der Waals surface area contributed by atoms with Crippen molar-refractivity contribution in [3.05, 3.63) is 47.3 Å². The summed E-state index contributed by atoms with van der Waals surface area (Å²) in [6.07, 6.45) is -0.684. The zero-order valence-corrected chi connectivity index (χ0v) is 15.2. The molecule has 8 heteroatoms. The van der Waals surface area contributed by atoms with Crippen molar-refractivity contribution in [3.8, 4) is 17.0 Å². The summed E-state index contributed by atoms with van der Waals surface area (Å²) in [6, 6.07) is 5.08. The second-order valence-corrected chi connectivity index (χ2v) is 7.06. The number of alkyl halides is 3. The van der Waals surface area contributed by atoms with Crippen molar-refractivity contribution in [2.75, 3.05) is 13.1 Å². The Labute approximate surface area is 159 Å². The number of nitrogens with zero attached hydrogens (tertiary/aromatic N) is 3. The van der Waals surface area contributed by atoms with Gasteiger partial charge in [-0.15, -0.1) is 0 Å². The molecule has 3 aromatic rings. The number of benzene rings is 1. The van der Waals surface area contributed by atoms with Crippen LogP contribution in [0.25, 0.3) is 22.4 Å². The van der Waals surface area contributed by atoms with Crippen molar-refractivity contribution >= 4 is 11.2 Å². The normalized spacial score (nSPS) is 17.8. The molecule has 4 rings (SSSR count). The minimum atomic E-state index is -4.52. The summed E-state index contributed by atoms with van der Waals surface area (Å²) in [5.41, 5.74) is 1.89. The van der Waals surface area contributed by atoms with Gasteiger partial charge >= 0.3 is 6.18 Å². The number of phenolic OH excluding ortho intramolecular Hbond substituents is 1. The molecule has 1 aliphatic heterocycles. The fourth-order valence-electron chi connectivity index (χ4n) is 3.62. The maximum Gasteiger partial charge on any atom is 0.416 e. The highest BCUT2D eigenvalue weighted by Gasteiger charge is 2.32. The molecule has 0 amide bonds. The summed E-state index contributed by atoms with van der Waals surface area (Å²) in [6.45, 7) is 3.34. The Bertz CT molecular complexity index is 1010. The standard InChI is InChI=1S/C20H19F3N4O/c1-11-7-13(20(21,22)23)8-17(28)18(11)14-4-5-15-19(26-14)27-16(10-25-15)12-3-2-6-24-9-12/h4-5,7-8,10,12,24,28H,2-3,6,9H2,1H3/t12-/m1/s1. The van der Waals surface area contributed by atoms with Crippen LogP contribution in [0.1, 0.15) is 35.6 Å². The predicted octanol–water partition coefficient (Wildman–Crippen LogP) is 4.19. The van der Waals surface area contributed by atoms with Gasteiger partial charge in [-0.25, -0.2) is 9.97 Å². The molecule has 0 unspecified atom stereocenters. The van der Waals surface area contributed by atoms with E-state index < -0.39 is 17.5 Å². The van der Waals surface area contributed by atoms with E-state index in [4.69, 9.17) is 0 Å². The number of hydrogen-bond acceptors (Lipinski definition) is 5. The van der Waals surface area contributed by atoms with Crippen LogP contribution in [0.5, 0.6) is 5.75 Å². The number of rotatable bonds is 2. The lowest BCUT2D eigenvalue weighted by Crippen LogP contribution is -2.28. The zero-order valence-electron chi connectivity index (χ0n) is 15.2. The van der Waals surface area contributed by atoms with Gasteiger partial charge in [0.15, 0.2) is 5.65 Å². The summed E-state index contributed by atoms with van der Waals surface area (Å²) in [5.74, 6) is -0.197. The Morgan fingerprint density at radius 1 is 1.18 bits per heavy atom. The van der Waals surface area contributed by atoms with Crippen molar-refractivity contribution in [2.45, 2.75) is 31.9 Å². The Balaban J connectivity index is 1.77. The third-order valence-electron chi connectivity index (χ3n) is 5.04. The second kappa shape index (κ2) is 7.01. The van der Waals surface area contributed by atoms with Gasteiger partial charge in [0.2, 0.25) is 0 Å². The number of nitrogens with one attached hydrogen (secondary N) is 1. The van der Waals surface area contributed by atoms with E-state index in [0.29, 0.717) is 22.4 Å². The van der Waals surface area contributed by atoms with Gasteiger partial charge in [-0.05, 0) is 56.1 Å².